The molecule has 3 aromatic heterocycles. The molecule has 0 radical (unpaired) electrons. The van der Waals surface area contributed by atoms with Crippen molar-refractivity contribution in [3.05, 3.63) is 85.1 Å². The van der Waals surface area contributed by atoms with Crippen molar-refractivity contribution in [2.45, 2.75) is 25.8 Å². The maximum absolute atomic E-state index is 12.6. The van der Waals surface area contributed by atoms with Crippen molar-refractivity contribution in [3.63, 3.8) is 0 Å². The third-order valence-corrected chi connectivity index (χ3v) is 6.84. The summed E-state index contributed by atoms with van der Waals surface area (Å²) in [7, 11) is 2.08. The van der Waals surface area contributed by atoms with E-state index in [4.69, 9.17) is 4.74 Å². The third kappa shape index (κ3) is 5.41. The van der Waals surface area contributed by atoms with Crippen LogP contribution in [0, 0.1) is 6.92 Å². The first-order valence-electron chi connectivity index (χ1n) is 12.8. The first-order chi connectivity index (χ1) is 19.0. The van der Waals surface area contributed by atoms with Gasteiger partial charge in [0.05, 0.1) is 24.1 Å². The van der Waals surface area contributed by atoms with Crippen molar-refractivity contribution < 1.29 is 9.53 Å². The number of benzene rings is 2. The average Bonchev–Trinajstić information content (AvgIpc) is 3.57. The fourth-order valence-corrected chi connectivity index (χ4v) is 4.75. The molecule has 1 amide bonds. The highest BCUT2D eigenvalue weighted by molar-refractivity contribution is 6.02. The summed E-state index contributed by atoms with van der Waals surface area (Å²) in [5, 5.41) is 11.3. The van der Waals surface area contributed by atoms with Crippen molar-refractivity contribution in [2.24, 2.45) is 0 Å². The molecule has 1 aliphatic heterocycles. The Kier molecular flexibility index (Phi) is 6.60. The van der Waals surface area contributed by atoms with Crippen LogP contribution < -0.4 is 15.4 Å². The van der Waals surface area contributed by atoms with E-state index in [0.29, 0.717) is 29.0 Å². The van der Waals surface area contributed by atoms with Crippen LogP contribution in [0.5, 0.6) is 11.5 Å². The lowest BCUT2D eigenvalue weighted by Crippen LogP contribution is -2.23. The molecule has 0 bridgehead atoms. The number of nitrogens with zero attached hydrogens (tertiary/aromatic N) is 6. The molecule has 1 saturated heterocycles. The van der Waals surface area contributed by atoms with E-state index in [1.165, 1.54) is 6.33 Å². The molecule has 2 aromatic carbocycles. The molecule has 39 heavy (non-hydrogen) atoms. The van der Waals surface area contributed by atoms with E-state index in [1.54, 1.807) is 29.2 Å². The van der Waals surface area contributed by atoms with Gasteiger partial charge in [-0.3, -0.25) is 9.69 Å². The molecule has 6 rings (SSSR count). The van der Waals surface area contributed by atoms with Crippen LogP contribution in [0.15, 0.2) is 79.5 Å². The maximum atomic E-state index is 12.6. The lowest BCUT2D eigenvalue weighted by Gasteiger charge is -2.14. The summed E-state index contributed by atoms with van der Waals surface area (Å²) in [5.41, 5.74) is 3.99. The number of anilines is 3. The number of hydrogen-bond acceptors (Lipinski definition) is 8. The summed E-state index contributed by atoms with van der Waals surface area (Å²) < 4.78 is 7.72. The van der Waals surface area contributed by atoms with Crippen LogP contribution >= 0.6 is 0 Å². The smallest absolute Gasteiger partial charge is 0.248 e. The van der Waals surface area contributed by atoms with Gasteiger partial charge in [-0.25, -0.2) is 19.5 Å². The number of nitrogens with one attached hydrogen (secondary N) is 2. The number of aromatic nitrogens is 5. The predicted molar refractivity (Wildman–Crippen MR) is 150 cm³/mol. The second kappa shape index (κ2) is 10.5. The van der Waals surface area contributed by atoms with Gasteiger partial charge in [-0.05, 0) is 75.3 Å². The van der Waals surface area contributed by atoms with E-state index < -0.39 is 0 Å². The van der Waals surface area contributed by atoms with Gasteiger partial charge in [0.1, 0.15) is 17.9 Å². The molecule has 10 heteroatoms. The Balaban J connectivity index is 1.18. The molecule has 4 heterocycles. The van der Waals surface area contributed by atoms with Crippen molar-refractivity contribution in [1.82, 2.24) is 29.5 Å². The Morgan fingerprint density at radius 2 is 2.00 bits per heavy atom. The quantitative estimate of drug-likeness (QED) is 0.285. The monoisotopic (exact) mass is 520 g/mol. The van der Waals surface area contributed by atoms with Gasteiger partial charge in [-0.15, -0.1) is 0 Å². The zero-order chi connectivity index (χ0) is 26.8. The Bertz CT molecular complexity index is 1700. The van der Waals surface area contributed by atoms with Crippen molar-refractivity contribution in [2.75, 3.05) is 24.2 Å². The molecule has 1 fully saturated rings. The highest BCUT2D eigenvalue weighted by Gasteiger charge is 2.18. The first kappa shape index (κ1) is 24.5. The van der Waals surface area contributed by atoms with Crippen LogP contribution in [0.25, 0.3) is 16.6 Å². The third-order valence-electron chi connectivity index (χ3n) is 6.84. The van der Waals surface area contributed by atoms with Crippen LogP contribution in [0.3, 0.4) is 0 Å². The van der Waals surface area contributed by atoms with E-state index >= 15 is 0 Å². The largest absolute Gasteiger partial charge is 0.454 e. The zero-order valence-corrected chi connectivity index (χ0v) is 21.7. The number of fused-ring (bicyclic) bond motifs is 2. The normalized spacial score (nSPS) is 15.8. The Hall–Kier alpha value is -4.83. The van der Waals surface area contributed by atoms with Crippen molar-refractivity contribution in [3.8, 4) is 11.5 Å². The van der Waals surface area contributed by atoms with Gasteiger partial charge in [0, 0.05) is 34.9 Å². The van der Waals surface area contributed by atoms with Crippen LogP contribution in [-0.4, -0.2) is 55.0 Å². The molecular formula is C29H28N8O2. The fourth-order valence-electron chi connectivity index (χ4n) is 4.75. The topological polar surface area (TPSA) is 110 Å². The molecule has 0 aliphatic carbocycles. The van der Waals surface area contributed by atoms with Gasteiger partial charge < -0.3 is 15.4 Å². The zero-order valence-electron chi connectivity index (χ0n) is 21.7. The van der Waals surface area contributed by atoms with Gasteiger partial charge in [0.2, 0.25) is 5.91 Å². The van der Waals surface area contributed by atoms with Gasteiger partial charge in [0.15, 0.2) is 11.4 Å². The number of aryl methyl sites for hydroxylation is 1. The summed E-state index contributed by atoms with van der Waals surface area (Å²) in [4.78, 5) is 28.0. The van der Waals surface area contributed by atoms with Crippen LogP contribution in [0.4, 0.5) is 17.2 Å². The minimum Gasteiger partial charge on any atom is -0.454 e. The number of rotatable bonds is 7. The van der Waals surface area contributed by atoms with Gasteiger partial charge >= 0.3 is 0 Å². The molecule has 1 atom stereocenters. The SMILES string of the molecule is Cc1cc(Nc2ncnc3ccc(NC(=O)/C=C/C4CCCN4C)cc23)ccc1Oc1cnc2ccnn2c1. The molecule has 196 valence electrons. The molecule has 10 nitrogen and oxygen atoms in total. The lowest BCUT2D eigenvalue weighted by molar-refractivity contribution is -0.111. The van der Waals surface area contributed by atoms with E-state index in [0.717, 1.165) is 47.2 Å². The second-order valence-corrected chi connectivity index (χ2v) is 9.62. The molecule has 2 N–H and O–H groups in total. The van der Waals surface area contributed by atoms with E-state index in [9.17, 15) is 4.79 Å². The average molecular weight is 521 g/mol. The van der Waals surface area contributed by atoms with Crippen molar-refractivity contribution in [1.29, 1.82) is 0 Å². The number of carbonyl (C=O) groups is 1. The van der Waals surface area contributed by atoms with Crippen molar-refractivity contribution >= 4 is 39.6 Å². The molecule has 0 spiro atoms. The second-order valence-electron chi connectivity index (χ2n) is 9.62. The molecule has 1 unspecified atom stereocenters. The van der Waals surface area contributed by atoms with Gasteiger partial charge in [-0.1, -0.05) is 6.08 Å². The minimum atomic E-state index is -0.158. The summed E-state index contributed by atoms with van der Waals surface area (Å²) in [6, 6.07) is 13.6. The number of amides is 1. The number of likely N-dealkylation sites (N-methyl/N-ethyl adjacent to an activating group) is 1. The molecule has 1 aliphatic rings. The Labute approximate surface area is 225 Å². The van der Waals surface area contributed by atoms with Gasteiger partial charge in [0.25, 0.3) is 0 Å². The molecular weight excluding hydrogens is 492 g/mol. The fraction of sp³-hybridized carbons (Fsp3) is 0.207. The Morgan fingerprint density at radius 1 is 1.10 bits per heavy atom. The molecule has 5 aromatic rings. The highest BCUT2D eigenvalue weighted by Crippen LogP contribution is 2.30. The highest BCUT2D eigenvalue weighted by atomic mass is 16.5. The summed E-state index contributed by atoms with van der Waals surface area (Å²) in [6.45, 7) is 3.04. The summed E-state index contributed by atoms with van der Waals surface area (Å²) in [5.74, 6) is 1.79. The summed E-state index contributed by atoms with van der Waals surface area (Å²) in [6.07, 6.45) is 12.5. The number of carbonyl (C=O) groups excluding carboxylic acids is 1. The Morgan fingerprint density at radius 3 is 2.85 bits per heavy atom. The van der Waals surface area contributed by atoms with E-state index in [2.05, 4.69) is 42.6 Å². The minimum absolute atomic E-state index is 0.158. The standard InChI is InChI=1S/C29H28N8O2/c1-19-14-20(6-9-26(19)39-23-16-30-27-11-12-33-37(27)17-23)35-29-24-15-21(5-8-25(24)31-18-32-29)34-28(38)10-7-22-4-3-13-36(22)2/h5-12,14-18,22H,3-4,13H2,1-2H3,(H,34,38)(H,31,32,35)/b10-7+. The number of likely N-dealkylation sites (tertiary alicyclic amines) is 1. The van der Waals surface area contributed by atoms with E-state index in [-0.39, 0.29) is 5.91 Å². The number of hydrogen-bond donors (Lipinski definition) is 2. The molecule has 0 saturated carbocycles. The van der Waals surface area contributed by atoms with Crippen LogP contribution in [0.1, 0.15) is 18.4 Å². The number of ether oxygens (including phenoxy) is 1. The lowest BCUT2D eigenvalue weighted by atomic mass is 10.1. The van der Waals surface area contributed by atoms with Crippen LogP contribution in [0.2, 0.25) is 0 Å². The van der Waals surface area contributed by atoms with Gasteiger partial charge in [-0.2, -0.15) is 5.10 Å². The maximum Gasteiger partial charge on any atom is 0.248 e. The predicted octanol–water partition coefficient (Wildman–Crippen LogP) is 5.11. The van der Waals surface area contributed by atoms with E-state index in [1.807, 2.05) is 55.5 Å². The first-order valence-corrected chi connectivity index (χ1v) is 12.8. The van der Waals surface area contributed by atoms with Crippen LogP contribution in [-0.2, 0) is 4.79 Å². The summed E-state index contributed by atoms with van der Waals surface area (Å²) >= 11 is 0.